The number of nitrogens with zero attached hydrogens (tertiary/aromatic N) is 1. The molecule has 5 heteroatoms. The molecule has 0 aliphatic rings. The quantitative estimate of drug-likeness (QED) is 0.504. The summed E-state index contributed by atoms with van der Waals surface area (Å²) >= 11 is 3.52. The van der Waals surface area contributed by atoms with Crippen LogP contribution in [0, 0.1) is 0 Å². The van der Waals surface area contributed by atoms with Crippen molar-refractivity contribution in [3.63, 3.8) is 0 Å². The van der Waals surface area contributed by atoms with Crippen molar-refractivity contribution in [3.8, 4) is 0 Å². The molecule has 3 nitrogen and oxygen atoms in total. The number of nitrogens with two attached hydrogens (primary N) is 1. The van der Waals surface area contributed by atoms with Gasteiger partial charge in [0.2, 0.25) is 0 Å². The van der Waals surface area contributed by atoms with Crippen molar-refractivity contribution in [3.05, 3.63) is 18.2 Å². The fourth-order valence-corrected chi connectivity index (χ4v) is 2.74. The van der Waals surface area contributed by atoms with Crippen molar-refractivity contribution >= 4 is 40.3 Å². The van der Waals surface area contributed by atoms with Gasteiger partial charge in [0.1, 0.15) is 5.52 Å². The van der Waals surface area contributed by atoms with Gasteiger partial charge in [0.05, 0.1) is 0 Å². The summed E-state index contributed by atoms with van der Waals surface area (Å²) in [6, 6.07) is 5.53. The summed E-state index contributed by atoms with van der Waals surface area (Å²) in [4.78, 5) is 4.38. The van der Waals surface area contributed by atoms with Gasteiger partial charge in [-0.15, -0.1) is 0 Å². The molecule has 1 aromatic carbocycles. The molecule has 0 unspecified atom stereocenters. The molecule has 2 aromatic rings. The maximum absolute atomic E-state index is 5.68. The van der Waals surface area contributed by atoms with Crippen LogP contribution in [0.15, 0.2) is 27.8 Å². The maximum atomic E-state index is 5.68. The molecular weight excluding hydrogens is 240 g/mol. The zero-order valence-electron chi connectivity index (χ0n) is 9.10. The van der Waals surface area contributed by atoms with Crippen LogP contribution in [0.1, 0.15) is 6.42 Å². The van der Waals surface area contributed by atoms with Crippen LogP contribution in [-0.4, -0.2) is 22.7 Å². The summed E-state index contributed by atoms with van der Waals surface area (Å²) in [6.07, 6.45) is 3.29. The topological polar surface area (TPSA) is 52.0 Å². The minimum Gasteiger partial charge on any atom is -0.431 e. The summed E-state index contributed by atoms with van der Waals surface area (Å²) in [7, 11) is 0. The number of oxazole rings is 1. The van der Waals surface area contributed by atoms with E-state index >= 15 is 0 Å². The second-order valence-electron chi connectivity index (χ2n) is 3.40. The Hall–Kier alpha value is -0.810. The molecule has 2 rings (SSSR count). The third-order valence-corrected chi connectivity index (χ3v) is 3.72. The molecule has 2 N–H and O–H groups in total. The summed E-state index contributed by atoms with van der Waals surface area (Å²) in [5.41, 5.74) is 8.05. The lowest BCUT2D eigenvalue weighted by atomic mass is 10.3. The molecule has 1 aromatic heterocycles. The first-order valence-corrected chi connectivity index (χ1v) is 7.45. The highest BCUT2D eigenvalue weighted by atomic mass is 32.2. The van der Waals surface area contributed by atoms with E-state index in [2.05, 4.69) is 11.2 Å². The van der Waals surface area contributed by atoms with Crippen LogP contribution in [-0.2, 0) is 0 Å². The number of hydrogen-bond acceptors (Lipinski definition) is 5. The number of thioether (sulfide) groups is 2. The van der Waals surface area contributed by atoms with Crippen molar-refractivity contribution in [2.24, 2.45) is 0 Å². The smallest absolute Gasteiger partial charge is 0.256 e. The number of aromatic nitrogens is 1. The highest BCUT2D eigenvalue weighted by Gasteiger charge is 2.05. The molecule has 0 aliphatic heterocycles. The molecule has 16 heavy (non-hydrogen) atoms. The van der Waals surface area contributed by atoms with E-state index in [1.165, 1.54) is 12.2 Å². The molecule has 1 heterocycles. The summed E-state index contributed by atoms with van der Waals surface area (Å²) in [6.45, 7) is 0. The van der Waals surface area contributed by atoms with Crippen LogP contribution in [0.3, 0.4) is 0 Å². The first-order chi connectivity index (χ1) is 7.79. The van der Waals surface area contributed by atoms with Crippen LogP contribution in [0.4, 0.5) is 5.69 Å². The van der Waals surface area contributed by atoms with Crippen molar-refractivity contribution < 1.29 is 4.42 Å². The van der Waals surface area contributed by atoms with Gasteiger partial charge >= 0.3 is 0 Å². The lowest BCUT2D eigenvalue weighted by Crippen LogP contribution is -1.83. The number of rotatable bonds is 5. The Labute approximate surface area is 103 Å². The van der Waals surface area contributed by atoms with Crippen molar-refractivity contribution in [2.75, 3.05) is 23.5 Å². The van der Waals surface area contributed by atoms with Crippen LogP contribution in [0.5, 0.6) is 0 Å². The van der Waals surface area contributed by atoms with Gasteiger partial charge in [-0.25, -0.2) is 4.98 Å². The maximum Gasteiger partial charge on any atom is 0.256 e. The molecule has 0 spiro atoms. The SMILES string of the molecule is CSCCCSc1nc2cc(N)ccc2o1. The van der Waals surface area contributed by atoms with E-state index in [9.17, 15) is 0 Å². The van der Waals surface area contributed by atoms with E-state index in [0.717, 1.165) is 27.8 Å². The van der Waals surface area contributed by atoms with Gasteiger partial charge in [-0.05, 0) is 36.6 Å². The van der Waals surface area contributed by atoms with Gasteiger partial charge in [0.15, 0.2) is 5.58 Å². The molecule has 0 bridgehead atoms. The Morgan fingerprint density at radius 2 is 2.25 bits per heavy atom. The van der Waals surface area contributed by atoms with Crippen molar-refractivity contribution in [1.82, 2.24) is 4.98 Å². The highest BCUT2D eigenvalue weighted by molar-refractivity contribution is 7.99. The standard InChI is InChI=1S/C11H14N2OS2/c1-15-5-2-6-16-11-13-9-7-8(12)3-4-10(9)14-11/h3-4,7H,2,5-6,12H2,1H3. The number of anilines is 1. The lowest BCUT2D eigenvalue weighted by Gasteiger charge is -1.94. The van der Waals surface area contributed by atoms with Crippen molar-refractivity contribution in [1.29, 1.82) is 0 Å². The second-order valence-corrected chi connectivity index (χ2v) is 5.43. The van der Waals surface area contributed by atoms with E-state index < -0.39 is 0 Å². The summed E-state index contributed by atoms with van der Waals surface area (Å²) in [5.74, 6) is 2.23. The molecule has 0 amide bonds. The van der Waals surface area contributed by atoms with E-state index in [1.54, 1.807) is 11.8 Å². The zero-order chi connectivity index (χ0) is 11.4. The molecule has 0 radical (unpaired) electrons. The summed E-state index contributed by atoms with van der Waals surface area (Å²) in [5, 5.41) is 0.738. The van der Waals surface area contributed by atoms with E-state index in [0.29, 0.717) is 0 Å². The Morgan fingerprint density at radius 1 is 1.38 bits per heavy atom. The second kappa shape index (κ2) is 5.50. The fraction of sp³-hybridized carbons (Fsp3) is 0.364. The monoisotopic (exact) mass is 254 g/mol. The number of fused-ring (bicyclic) bond motifs is 1. The Kier molecular flexibility index (Phi) is 4.01. The zero-order valence-corrected chi connectivity index (χ0v) is 10.7. The predicted molar refractivity (Wildman–Crippen MR) is 72.1 cm³/mol. The van der Waals surface area contributed by atoms with Crippen LogP contribution in [0.25, 0.3) is 11.1 Å². The average Bonchev–Trinajstić information content (AvgIpc) is 2.66. The largest absolute Gasteiger partial charge is 0.431 e. The summed E-state index contributed by atoms with van der Waals surface area (Å²) < 4.78 is 5.59. The van der Waals surface area contributed by atoms with Gasteiger partial charge in [0.25, 0.3) is 5.22 Å². The van der Waals surface area contributed by atoms with Gasteiger partial charge < -0.3 is 10.2 Å². The molecule has 0 saturated heterocycles. The molecule has 0 aliphatic carbocycles. The Balaban J connectivity index is 2.02. The Morgan fingerprint density at radius 3 is 3.06 bits per heavy atom. The molecular formula is C11H14N2OS2. The molecule has 0 fully saturated rings. The van der Waals surface area contributed by atoms with E-state index in [4.69, 9.17) is 10.2 Å². The number of nitrogen functional groups attached to an aromatic ring is 1. The van der Waals surface area contributed by atoms with Crippen LogP contribution in [0.2, 0.25) is 0 Å². The highest BCUT2D eigenvalue weighted by Crippen LogP contribution is 2.25. The third-order valence-electron chi connectivity index (χ3n) is 2.11. The predicted octanol–water partition coefficient (Wildman–Crippen LogP) is 3.26. The van der Waals surface area contributed by atoms with Gasteiger partial charge in [0, 0.05) is 11.4 Å². The molecule has 86 valence electrons. The first-order valence-electron chi connectivity index (χ1n) is 5.07. The van der Waals surface area contributed by atoms with E-state index in [1.807, 2.05) is 30.0 Å². The van der Waals surface area contributed by atoms with Crippen LogP contribution >= 0.6 is 23.5 Å². The van der Waals surface area contributed by atoms with Gasteiger partial charge in [-0.3, -0.25) is 0 Å². The van der Waals surface area contributed by atoms with Gasteiger partial charge in [-0.2, -0.15) is 11.8 Å². The van der Waals surface area contributed by atoms with Crippen LogP contribution < -0.4 is 5.73 Å². The number of hydrogen-bond donors (Lipinski definition) is 1. The Bertz CT molecular complexity index is 470. The lowest BCUT2D eigenvalue weighted by molar-refractivity contribution is 0.489. The molecule has 0 atom stereocenters. The minimum absolute atomic E-state index is 0.722. The minimum atomic E-state index is 0.722. The fourth-order valence-electron chi connectivity index (χ4n) is 1.35. The third kappa shape index (κ3) is 2.86. The first kappa shape index (κ1) is 11.7. The molecule has 0 saturated carbocycles. The van der Waals surface area contributed by atoms with Crippen molar-refractivity contribution in [2.45, 2.75) is 11.6 Å². The normalized spacial score (nSPS) is 11.1. The number of benzene rings is 1. The van der Waals surface area contributed by atoms with E-state index in [-0.39, 0.29) is 0 Å². The van der Waals surface area contributed by atoms with Gasteiger partial charge in [-0.1, -0.05) is 11.8 Å². The average molecular weight is 254 g/mol.